The first kappa shape index (κ1) is 17.7. The van der Waals surface area contributed by atoms with Gasteiger partial charge in [0.05, 0.1) is 4.11 Å². The van der Waals surface area contributed by atoms with Crippen LogP contribution in [-0.4, -0.2) is 0 Å². The average molecular weight is 460 g/mol. The molecule has 168 valence electrons. The van der Waals surface area contributed by atoms with Crippen LogP contribution in [0.1, 0.15) is 4.11 Å². The van der Waals surface area contributed by atoms with Gasteiger partial charge in [-0.25, -0.2) is 0 Å². The minimum Gasteiger partial charge on any atom is -0.0610 e. The van der Waals surface area contributed by atoms with Crippen molar-refractivity contribution in [1.82, 2.24) is 0 Å². The molecular weight excluding hydrogens is 432 g/mol. The summed E-state index contributed by atoms with van der Waals surface area (Å²) in [5, 5.41) is 11.6. The third-order valence-corrected chi connectivity index (χ3v) is 6.93. The fourth-order valence-corrected chi connectivity index (χ4v) is 5.02. The Balaban J connectivity index is 1.72. The van der Waals surface area contributed by atoms with Crippen LogP contribution in [0.5, 0.6) is 0 Å². The van der Waals surface area contributed by atoms with Crippen molar-refractivity contribution < 1.29 is 4.11 Å². The summed E-state index contributed by atoms with van der Waals surface area (Å²) in [6.45, 7) is 0. The standard InChI is InChI=1S/C36H24/c1-4-28-16-10-25-14-20-32-8-3-6-30-18-12-27(24-36(30)32)15-21-33-9-2-5-29-17-11-26(23-35(29)33)13-19-31(7-1)34(28)22-25/h1-24H/i13D,14D,15D. The molecule has 0 heteroatoms. The van der Waals surface area contributed by atoms with Gasteiger partial charge in [0.15, 0.2) is 0 Å². The van der Waals surface area contributed by atoms with E-state index in [0.717, 1.165) is 64.6 Å². The molecule has 7 aromatic rings. The molecule has 7 aromatic carbocycles. The molecule has 6 bridgehead atoms. The van der Waals surface area contributed by atoms with Crippen molar-refractivity contribution in [3.8, 4) is 0 Å². The fraction of sp³-hybridized carbons (Fsp3) is 0. The van der Waals surface area contributed by atoms with E-state index >= 15 is 0 Å². The zero-order chi connectivity index (χ0) is 26.5. The van der Waals surface area contributed by atoms with Gasteiger partial charge >= 0.3 is 0 Å². The van der Waals surface area contributed by atoms with Crippen LogP contribution in [0.2, 0.25) is 0 Å². The Hall–Kier alpha value is -4.68. The minimum absolute atomic E-state index is 0.418. The van der Waals surface area contributed by atoms with Crippen LogP contribution >= 0.6 is 0 Å². The smallest absolute Gasteiger partial charge is 0.0610 e. The van der Waals surface area contributed by atoms with Gasteiger partial charge in [-0.2, -0.15) is 0 Å². The van der Waals surface area contributed by atoms with Crippen LogP contribution in [0, 0.1) is 0 Å². The maximum atomic E-state index is 8.95. The Bertz CT molecular complexity index is 1960. The van der Waals surface area contributed by atoms with Crippen LogP contribution in [0.25, 0.3) is 64.6 Å². The lowest BCUT2D eigenvalue weighted by molar-refractivity contribution is 1.77. The molecule has 0 fully saturated rings. The lowest BCUT2D eigenvalue weighted by Crippen LogP contribution is -1.76. The van der Waals surface area contributed by atoms with Gasteiger partial charge in [-0.1, -0.05) is 127 Å². The van der Waals surface area contributed by atoms with Gasteiger partial charge in [-0.15, -0.1) is 0 Å². The summed E-state index contributed by atoms with van der Waals surface area (Å²) in [6, 6.07) is 43.6. The second-order valence-electron chi connectivity index (χ2n) is 9.22. The fourth-order valence-electron chi connectivity index (χ4n) is 5.02. The molecule has 0 saturated carbocycles. The van der Waals surface area contributed by atoms with Gasteiger partial charge in [0.2, 0.25) is 0 Å². The zero-order valence-corrected chi connectivity index (χ0v) is 19.6. The number of fused-ring (bicyclic) bond motifs is 3. The maximum Gasteiger partial charge on any atom is 0.0629 e. The quantitative estimate of drug-likeness (QED) is 0.212. The van der Waals surface area contributed by atoms with Crippen molar-refractivity contribution >= 4 is 64.6 Å². The van der Waals surface area contributed by atoms with Gasteiger partial charge in [-0.3, -0.25) is 0 Å². The van der Waals surface area contributed by atoms with Crippen molar-refractivity contribution in [2.24, 2.45) is 0 Å². The molecule has 0 heterocycles. The van der Waals surface area contributed by atoms with E-state index in [1.165, 1.54) is 0 Å². The first-order valence-electron chi connectivity index (χ1n) is 13.7. The molecule has 0 radical (unpaired) electrons. The van der Waals surface area contributed by atoms with E-state index in [1.807, 2.05) is 91.0 Å². The van der Waals surface area contributed by atoms with Crippen molar-refractivity contribution in [2.45, 2.75) is 0 Å². The Kier molecular flexibility index (Phi) is 4.19. The number of hydrogen-bond acceptors (Lipinski definition) is 0. The third kappa shape index (κ3) is 3.74. The summed E-state index contributed by atoms with van der Waals surface area (Å²) in [7, 11) is 0. The number of benzene rings is 6. The number of rotatable bonds is 0. The average Bonchev–Trinajstić information content (AvgIpc) is 2.96. The molecule has 36 heavy (non-hydrogen) atoms. The highest BCUT2D eigenvalue weighted by molar-refractivity contribution is 6.03. The Labute approximate surface area is 214 Å². The highest BCUT2D eigenvalue weighted by Gasteiger charge is 1.99. The second kappa shape index (κ2) is 8.52. The second-order valence-corrected chi connectivity index (χ2v) is 9.22. The largest absolute Gasteiger partial charge is 0.0629 e. The van der Waals surface area contributed by atoms with Crippen molar-refractivity contribution in [1.29, 1.82) is 0 Å². The topological polar surface area (TPSA) is 0 Å². The van der Waals surface area contributed by atoms with E-state index in [4.69, 9.17) is 4.11 Å². The molecule has 0 saturated heterocycles. The van der Waals surface area contributed by atoms with Crippen LogP contribution in [0.4, 0.5) is 0 Å². The molecule has 0 aliphatic heterocycles. The first-order valence-corrected chi connectivity index (χ1v) is 12.2. The highest BCUT2D eigenvalue weighted by Crippen LogP contribution is 2.26. The van der Waals surface area contributed by atoms with Crippen LogP contribution in [-0.2, 0) is 0 Å². The van der Waals surface area contributed by atoms with E-state index < -0.39 is 0 Å². The Morgan fingerprint density at radius 1 is 0.306 bits per heavy atom. The molecule has 0 aliphatic rings. The van der Waals surface area contributed by atoms with Gasteiger partial charge < -0.3 is 0 Å². The van der Waals surface area contributed by atoms with Gasteiger partial charge in [-0.05, 0) is 82.8 Å². The third-order valence-electron chi connectivity index (χ3n) is 6.93. The van der Waals surface area contributed by atoms with E-state index in [-0.39, 0.29) is 0 Å². The lowest BCUT2D eigenvalue weighted by atomic mass is 10.0. The van der Waals surface area contributed by atoms with Crippen molar-refractivity contribution in [3.05, 3.63) is 146 Å². The summed E-state index contributed by atoms with van der Waals surface area (Å²) in [4.78, 5) is 0. The Morgan fingerprint density at radius 2 is 0.583 bits per heavy atom. The predicted molar refractivity (Wildman–Crippen MR) is 158 cm³/mol. The van der Waals surface area contributed by atoms with Crippen LogP contribution in [0.15, 0.2) is 146 Å². The molecule has 0 aliphatic carbocycles. The van der Waals surface area contributed by atoms with Crippen LogP contribution < -0.4 is 0 Å². The summed E-state index contributed by atoms with van der Waals surface area (Å²) in [5.74, 6) is 0. The normalized spacial score (nSPS) is 12.5. The number of hydrogen-bond donors (Lipinski definition) is 0. The lowest BCUT2D eigenvalue weighted by Gasteiger charge is -2.02. The molecule has 7 rings (SSSR count). The van der Waals surface area contributed by atoms with E-state index in [1.54, 1.807) is 0 Å². The van der Waals surface area contributed by atoms with E-state index in [0.29, 0.717) is 18.1 Å². The van der Waals surface area contributed by atoms with Gasteiger partial charge in [0.1, 0.15) is 0 Å². The van der Waals surface area contributed by atoms with E-state index in [2.05, 4.69) is 36.4 Å². The van der Waals surface area contributed by atoms with Gasteiger partial charge in [0.25, 0.3) is 0 Å². The zero-order valence-electron chi connectivity index (χ0n) is 22.6. The predicted octanol–water partition coefficient (Wildman–Crippen LogP) is 10.3. The maximum absolute atomic E-state index is 8.95. The molecule has 0 amide bonds. The molecule has 0 aromatic heterocycles. The van der Waals surface area contributed by atoms with E-state index in [9.17, 15) is 0 Å². The Morgan fingerprint density at radius 3 is 0.889 bits per heavy atom. The van der Waals surface area contributed by atoms with Crippen molar-refractivity contribution in [3.63, 3.8) is 0 Å². The molecule has 0 atom stereocenters. The van der Waals surface area contributed by atoms with Crippen molar-refractivity contribution in [2.75, 3.05) is 0 Å². The first-order chi connectivity index (χ1) is 19.0. The summed E-state index contributed by atoms with van der Waals surface area (Å²) >= 11 is 0. The molecule has 0 N–H and O–H groups in total. The summed E-state index contributed by atoms with van der Waals surface area (Å²) < 4.78 is 26.9. The molecule has 0 nitrogen and oxygen atoms in total. The molecular formula is C36H24. The molecule has 0 unspecified atom stereocenters. The summed E-state index contributed by atoms with van der Waals surface area (Å²) in [6.07, 6.45) is 0. The SMILES string of the molecule is [2H]c1cc2cccc3ccc(cc32)c([2H])cc2cccc3ccc(cc32)c([2H])cc2cccc3ccc1cc32. The molecule has 0 spiro atoms. The minimum atomic E-state index is 0.418. The van der Waals surface area contributed by atoms with Crippen LogP contribution in [0.3, 0.4) is 0 Å². The highest BCUT2D eigenvalue weighted by atomic mass is 14.0. The summed E-state index contributed by atoms with van der Waals surface area (Å²) in [5.41, 5.74) is 0. The monoisotopic (exact) mass is 459 g/mol. The van der Waals surface area contributed by atoms with Gasteiger partial charge in [0, 0.05) is 0 Å².